The number of nitrogens with zero attached hydrogens (tertiary/aromatic N) is 3. The Balaban J connectivity index is 2.00. The van der Waals surface area contributed by atoms with Crippen LogP contribution in [-0.2, 0) is 0 Å². The molecule has 1 aliphatic rings. The van der Waals surface area contributed by atoms with Gasteiger partial charge in [0.1, 0.15) is 11.6 Å². The maximum atomic E-state index is 6.17. The summed E-state index contributed by atoms with van der Waals surface area (Å²) in [6.07, 6.45) is 0. The second kappa shape index (κ2) is 5.83. The zero-order chi connectivity index (χ0) is 16.7. The van der Waals surface area contributed by atoms with Crippen LogP contribution in [0.25, 0.3) is 17.1 Å². The number of benzene rings is 2. The number of fused-ring (bicyclic) bond motifs is 3. The summed E-state index contributed by atoms with van der Waals surface area (Å²) >= 11 is 6.17. The Kier molecular flexibility index (Phi) is 3.65. The number of aromatic nitrogens is 3. The molecule has 0 spiro atoms. The van der Waals surface area contributed by atoms with Gasteiger partial charge in [-0.3, -0.25) is 4.57 Å². The van der Waals surface area contributed by atoms with Crippen LogP contribution < -0.4 is 10.1 Å². The lowest BCUT2D eigenvalue weighted by molar-refractivity contribution is 0.416. The number of ether oxygens (including phenoxy) is 1. The van der Waals surface area contributed by atoms with Crippen molar-refractivity contribution in [1.82, 2.24) is 14.8 Å². The molecule has 0 aliphatic carbocycles. The molecule has 0 amide bonds. The minimum absolute atomic E-state index is 0.215. The Morgan fingerprint density at radius 3 is 2.88 bits per heavy atom. The van der Waals surface area contributed by atoms with Gasteiger partial charge >= 0.3 is 0 Å². The number of halogens is 1. The standard InChI is InChI=1S/C18H17ClN4O/c1-11-10-20-14-9-12(19)7-8-15(14)23-17(11)21-22-18(23)13-5-3-4-6-16(13)24-2/h3-9,11,20H,10H2,1-2H3/t11-/m1/s1. The lowest BCUT2D eigenvalue weighted by atomic mass is 10.1. The first-order valence-electron chi connectivity index (χ1n) is 7.81. The van der Waals surface area contributed by atoms with E-state index in [2.05, 4.69) is 27.0 Å². The number of anilines is 1. The number of para-hydroxylation sites is 1. The number of nitrogens with one attached hydrogen (secondary N) is 1. The van der Waals surface area contributed by atoms with Crippen molar-refractivity contribution in [3.63, 3.8) is 0 Å². The minimum Gasteiger partial charge on any atom is -0.496 e. The fraction of sp³-hybridized carbons (Fsp3) is 0.222. The van der Waals surface area contributed by atoms with Crippen LogP contribution in [-0.4, -0.2) is 28.4 Å². The Hall–Kier alpha value is -2.53. The van der Waals surface area contributed by atoms with E-state index in [4.69, 9.17) is 16.3 Å². The molecule has 0 saturated carbocycles. The van der Waals surface area contributed by atoms with Crippen molar-refractivity contribution in [2.75, 3.05) is 19.0 Å². The second-order valence-electron chi connectivity index (χ2n) is 5.86. The molecule has 2 aromatic carbocycles. The Bertz CT molecular complexity index is 906. The SMILES string of the molecule is COc1ccccc1-c1nnc2n1-c1ccc(Cl)cc1NC[C@H]2C. The van der Waals surface area contributed by atoms with Gasteiger partial charge in [-0.15, -0.1) is 10.2 Å². The van der Waals surface area contributed by atoms with E-state index in [9.17, 15) is 0 Å². The van der Waals surface area contributed by atoms with Crippen molar-refractivity contribution in [2.24, 2.45) is 0 Å². The van der Waals surface area contributed by atoms with E-state index in [1.54, 1.807) is 7.11 Å². The fourth-order valence-corrected chi connectivity index (χ4v) is 3.23. The molecule has 4 rings (SSSR count). The summed E-state index contributed by atoms with van der Waals surface area (Å²) in [5, 5.41) is 13.1. The average molecular weight is 341 g/mol. The molecule has 3 aromatic rings. The molecule has 2 heterocycles. The predicted molar refractivity (Wildman–Crippen MR) is 95.3 cm³/mol. The Morgan fingerprint density at radius 2 is 2.04 bits per heavy atom. The molecule has 1 aromatic heterocycles. The van der Waals surface area contributed by atoms with Crippen molar-refractivity contribution in [2.45, 2.75) is 12.8 Å². The van der Waals surface area contributed by atoms with Crippen molar-refractivity contribution in [1.29, 1.82) is 0 Å². The van der Waals surface area contributed by atoms with Crippen molar-refractivity contribution < 1.29 is 4.74 Å². The molecule has 6 heteroatoms. The third-order valence-corrected chi connectivity index (χ3v) is 4.51. The van der Waals surface area contributed by atoms with Gasteiger partial charge in [0.25, 0.3) is 0 Å². The smallest absolute Gasteiger partial charge is 0.172 e. The summed E-state index contributed by atoms with van der Waals surface area (Å²) in [5.41, 5.74) is 2.88. The first kappa shape index (κ1) is 15.0. The number of hydrogen-bond donors (Lipinski definition) is 1. The van der Waals surface area contributed by atoms with E-state index < -0.39 is 0 Å². The molecule has 5 nitrogen and oxygen atoms in total. The molecular weight excluding hydrogens is 324 g/mol. The summed E-state index contributed by atoms with van der Waals surface area (Å²) in [5.74, 6) is 2.67. The molecule has 1 atom stereocenters. The molecule has 1 N–H and O–H groups in total. The Labute approximate surface area is 145 Å². The summed E-state index contributed by atoms with van der Waals surface area (Å²) in [6, 6.07) is 13.7. The van der Waals surface area contributed by atoms with Crippen LogP contribution in [0.1, 0.15) is 18.7 Å². The highest BCUT2D eigenvalue weighted by atomic mass is 35.5. The predicted octanol–water partition coefficient (Wildman–Crippen LogP) is 4.13. The van der Waals surface area contributed by atoms with E-state index in [1.165, 1.54) is 0 Å². The zero-order valence-corrected chi connectivity index (χ0v) is 14.2. The highest BCUT2D eigenvalue weighted by Gasteiger charge is 2.26. The average Bonchev–Trinajstić information content (AvgIpc) is 2.99. The molecule has 0 unspecified atom stereocenters. The van der Waals surface area contributed by atoms with Gasteiger partial charge in [-0.25, -0.2) is 0 Å². The van der Waals surface area contributed by atoms with Crippen LogP contribution in [0.3, 0.4) is 0 Å². The lowest BCUT2D eigenvalue weighted by Crippen LogP contribution is -2.09. The van der Waals surface area contributed by atoms with Gasteiger partial charge in [0.05, 0.1) is 24.0 Å². The van der Waals surface area contributed by atoms with Crippen LogP contribution in [0.15, 0.2) is 42.5 Å². The number of methoxy groups -OCH3 is 1. The summed E-state index contributed by atoms with van der Waals surface area (Å²) < 4.78 is 7.60. The summed E-state index contributed by atoms with van der Waals surface area (Å²) in [4.78, 5) is 0. The van der Waals surface area contributed by atoms with Crippen LogP contribution in [0.5, 0.6) is 5.75 Å². The fourth-order valence-electron chi connectivity index (χ4n) is 3.06. The Morgan fingerprint density at radius 1 is 1.21 bits per heavy atom. The minimum atomic E-state index is 0.215. The molecule has 0 bridgehead atoms. The van der Waals surface area contributed by atoms with E-state index in [0.717, 1.165) is 40.9 Å². The quantitative estimate of drug-likeness (QED) is 0.762. The van der Waals surface area contributed by atoms with E-state index >= 15 is 0 Å². The molecule has 0 fully saturated rings. The van der Waals surface area contributed by atoms with Gasteiger partial charge in [0, 0.05) is 17.5 Å². The topological polar surface area (TPSA) is 52.0 Å². The molecule has 24 heavy (non-hydrogen) atoms. The van der Waals surface area contributed by atoms with Crippen molar-refractivity contribution in [3.05, 3.63) is 53.3 Å². The number of rotatable bonds is 2. The van der Waals surface area contributed by atoms with Gasteiger partial charge in [-0.05, 0) is 30.3 Å². The van der Waals surface area contributed by atoms with Crippen molar-refractivity contribution >= 4 is 17.3 Å². The van der Waals surface area contributed by atoms with Gasteiger partial charge in [-0.1, -0.05) is 30.7 Å². The third-order valence-electron chi connectivity index (χ3n) is 4.27. The highest BCUT2D eigenvalue weighted by molar-refractivity contribution is 6.31. The van der Waals surface area contributed by atoms with Gasteiger partial charge in [-0.2, -0.15) is 0 Å². The maximum Gasteiger partial charge on any atom is 0.172 e. The van der Waals surface area contributed by atoms with Crippen molar-refractivity contribution in [3.8, 4) is 22.8 Å². The zero-order valence-electron chi connectivity index (χ0n) is 13.5. The second-order valence-corrected chi connectivity index (χ2v) is 6.30. The largest absolute Gasteiger partial charge is 0.496 e. The normalized spacial score (nSPS) is 15.9. The van der Waals surface area contributed by atoms with Gasteiger partial charge < -0.3 is 10.1 Å². The lowest BCUT2D eigenvalue weighted by Gasteiger charge is -2.14. The molecule has 0 saturated heterocycles. The third kappa shape index (κ3) is 2.32. The number of hydrogen-bond acceptors (Lipinski definition) is 4. The molecule has 122 valence electrons. The maximum absolute atomic E-state index is 6.17. The van der Waals surface area contributed by atoms with Gasteiger partial charge in [0.15, 0.2) is 5.82 Å². The van der Waals surface area contributed by atoms with Crippen LogP contribution in [0.4, 0.5) is 5.69 Å². The first-order valence-corrected chi connectivity index (χ1v) is 8.19. The highest BCUT2D eigenvalue weighted by Crippen LogP contribution is 2.37. The molecule has 0 radical (unpaired) electrons. The van der Waals surface area contributed by atoms with Crippen LogP contribution in [0, 0.1) is 0 Å². The van der Waals surface area contributed by atoms with Crippen LogP contribution in [0.2, 0.25) is 5.02 Å². The first-order chi connectivity index (χ1) is 11.7. The molecular formula is C18H17ClN4O. The van der Waals surface area contributed by atoms with E-state index in [1.807, 2.05) is 42.5 Å². The van der Waals surface area contributed by atoms with E-state index in [-0.39, 0.29) is 5.92 Å². The molecule has 1 aliphatic heterocycles. The summed E-state index contributed by atoms with van der Waals surface area (Å²) in [7, 11) is 1.66. The van der Waals surface area contributed by atoms with E-state index in [0.29, 0.717) is 5.02 Å². The monoisotopic (exact) mass is 340 g/mol. The summed E-state index contributed by atoms with van der Waals surface area (Å²) in [6.45, 7) is 2.91. The van der Waals surface area contributed by atoms with Crippen LogP contribution >= 0.6 is 11.6 Å². The van der Waals surface area contributed by atoms with Gasteiger partial charge in [0.2, 0.25) is 0 Å².